The Bertz CT molecular complexity index is 181. The van der Waals surface area contributed by atoms with E-state index in [4.69, 9.17) is 0 Å². The van der Waals surface area contributed by atoms with Crippen molar-refractivity contribution in [1.82, 2.24) is 10.2 Å². The molecular weight excluding hydrogens is 184 g/mol. The Kier molecular flexibility index (Phi) is 5.07. The van der Waals surface area contributed by atoms with Gasteiger partial charge >= 0.3 is 0 Å². The maximum Gasteiger partial charge on any atom is 0.0117 e. The maximum absolute atomic E-state index is 3.45. The summed E-state index contributed by atoms with van der Waals surface area (Å²) in [5, 5.41) is 3.45. The van der Waals surface area contributed by atoms with E-state index in [1.165, 1.54) is 25.8 Å². The standard InChI is InChI=1S/C13H28N2/c1-6-7-10(2)15-9-8-13(14-5)11(3)12(15)4/h10-14H,6-9H2,1-5H3. The first-order valence-corrected chi connectivity index (χ1v) is 6.54. The van der Waals surface area contributed by atoms with E-state index < -0.39 is 0 Å². The fourth-order valence-corrected chi connectivity index (χ4v) is 3.01. The highest BCUT2D eigenvalue weighted by atomic mass is 15.2. The summed E-state index contributed by atoms with van der Waals surface area (Å²) in [6.45, 7) is 10.7. The molecule has 0 radical (unpaired) electrons. The molecule has 15 heavy (non-hydrogen) atoms. The van der Waals surface area contributed by atoms with Gasteiger partial charge in [-0.2, -0.15) is 0 Å². The van der Waals surface area contributed by atoms with E-state index in [0.29, 0.717) is 6.04 Å². The van der Waals surface area contributed by atoms with Crippen molar-refractivity contribution in [3.05, 3.63) is 0 Å². The van der Waals surface area contributed by atoms with Crippen LogP contribution in [0.25, 0.3) is 0 Å². The van der Waals surface area contributed by atoms with E-state index in [-0.39, 0.29) is 0 Å². The number of nitrogens with one attached hydrogen (secondary N) is 1. The summed E-state index contributed by atoms with van der Waals surface area (Å²) in [6.07, 6.45) is 3.94. The summed E-state index contributed by atoms with van der Waals surface area (Å²) in [5.41, 5.74) is 0. The van der Waals surface area contributed by atoms with E-state index in [2.05, 4.69) is 45.0 Å². The molecule has 4 atom stereocenters. The fourth-order valence-electron chi connectivity index (χ4n) is 3.01. The first-order valence-electron chi connectivity index (χ1n) is 6.54. The third-order valence-corrected chi connectivity index (χ3v) is 4.26. The first kappa shape index (κ1) is 13.0. The summed E-state index contributed by atoms with van der Waals surface area (Å²) in [7, 11) is 2.10. The Balaban J connectivity index is 2.55. The van der Waals surface area contributed by atoms with Crippen molar-refractivity contribution in [3.63, 3.8) is 0 Å². The van der Waals surface area contributed by atoms with Crippen LogP contribution in [0.3, 0.4) is 0 Å². The van der Waals surface area contributed by atoms with Gasteiger partial charge in [0, 0.05) is 24.7 Å². The highest BCUT2D eigenvalue weighted by Crippen LogP contribution is 2.26. The van der Waals surface area contributed by atoms with Crippen LogP contribution in [-0.4, -0.2) is 36.6 Å². The molecule has 2 nitrogen and oxygen atoms in total. The van der Waals surface area contributed by atoms with Crippen LogP contribution in [0.5, 0.6) is 0 Å². The van der Waals surface area contributed by atoms with Crippen molar-refractivity contribution in [1.29, 1.82) is 0 Å². The lowest BCUT2D eigenvalue weighted by atomic mass is 9.86. The van der Waals surface area contributed by atoms with Crippen molar-refractivity contribution in [2.24, 2.45) is 5.92 Å². The highest BCUT2D eigenvalue weighted by molar-refractivity contribution is 4.89. The second-order valence-corrected chi connectivity index (χ2v) is 5.16. The molecule has 0 aliphatic carbocycles. The quantitative estimate of drug-likeness (QED) is 0.770. The van der Waals surface area contributed by atoms with Gasteiger partial charge in [-0.05, 0) is 39.7 Å². The minimum Gasteiger partial charge on any atom is -0.317 e. The van der Waals surface area contributed by atoms with Gasteiger partial charge in [-0.15, -0.1) is 0 Å². The van der Waals surface area contributed by atoms with Crippen LogP contribution < -0.4 is 5.32 Å². The lowest BCUT2D eigenvalue weighted by Gasteiger charge is -2.45. The van der Waals surface area contributed by atoms with Gasteiger partial charge in [0.2, 0.25) is 0 Å². The molecule has 0 saturated carbocycles. The summed E-state index contributed by atoms with van der Waals surface area (Å²) in [5.74, 6) is 0.767. The van der Waals surface area contributed by atoms with Crippen molar-refractivity contribution >= 4 is 0 Å². The summed E-state index contributed by atoms with van der Waals surface area (Å²) >= 11 is 0. The molecule has 1 aliphatic rings. The Hall–Kier alpha value is -0.0800. The molecule has 0 bridgehead atoms. The highest BCUT2D eigenvalue weighted by Gasteiger charge is 2.33. The van der Waals surface area contributed by atoms with Gasteiger partial charge in [0.15, 0.2) is 0 Å². The zero-order chi connectivity index (χ0) is 11.4. The van der Waals surface area contributed by atoms with Crippen LogP contribution in [0.2, 0.25) is 0 Å². The molecule has 0 aromatic heterocycles. The first-order chi connectivity index (χ1) is 7.11. The van der Waals surface area contributed by atoms with Crippen molar-refractivity contribution < 1.29 is 0 Å². The average Bonchev–Trinajstić information content (AvgIpc) is 2.22. The molecular formula is C13H28N2. The van der Waals surface area contributed by atoms with Crippen LogP contribution >= 0.6 is 0 Å². The number of hydrogen-bond donors (Lipinski definition) is 1. The molecule has 1 rings (SSSR count). The van der Waals surface area contributed by atoms with Crippen molar-refractivity contribution in [2.45, 2.75) is 65.1 Å². The molecule has 0 aromatic carbocycles. The molecule has 1 saturated heterocycles. The van der Waals surface area contributed by atoms with Crippen LogP contribution in [0.4, 0.5) is 0 Å². The van der Waals surface area contributed by atoms with E-state index in [1.807, 2.05) is 0 Å². The Labute approximate surface area is 95.4 Å². The molecule has 1 aliphatic heterocycles. The lowest BCUT2D eigenvalue weighted by Crippen LogP contribution is -2.55. The van der Waals surface area contributed by atoms with Crippen LogP contribution in [0.1, 0.15) is 47.0 Å². The Morgan fingerprint density at radius 2 is 2.07 bits per heavy atom. The van der Waals surface area contributed by atoms with Gasteiger partial charge < -0.3 is 5.32 Å². The topological polar surface area (TPSA) is 15.3 Å². The normalized spacial score (nSPS) is 35.4. The number of likely N-dealkylation sites (tertiary alicyclic amines) is 1. The Morgan fingerprint density at radius 3 is 2.60 bits per heavy atom. The lowest BCUT2D eigenvalue weighted by molar-refractivity contribution is 0.0516. The van der Waals surface area contributed by atoms with Crippen molar-refractivity contribution in [2.75, 3.05) is 13.6 Å². The minimum atomic E-state index is 0.713. The molecule has 1 N–H and O–H groups in total. The van der Waals surface area contributed by atoms with E-state index in [9.17, 15) is 0 Å². The predicted molar refractivity (Wildman–Crippen MR) is 67.2 cm³/mol. The smallest absolute Gasteiger partial charge is 0.0117 e. The van der Waals surface area contributed by atoms with Gasteiger partial charge in [-0.25, -0.2) is 0 Å². The molecule has 90 valence electrons. The molecule has 0 aromatic rings. The van der Waals surface area contributed by atoms with Crippen LogP contribution in [0.15, 0.2) is 0 Å². The van der Waals surface area contributed by atoms with Crippen molar-refractivity contribution in [3.8, 4) is 0 Å². The van der Waals surface area contributed by atoms with Gasteiger partial charge in [0.1, 0.15) is 0 Å². The summed E-state index contributed by atoms with van der Waals surface area (Å²) in [6, 6.07) is 2.19. The van der Waals surface area contributed by atoms with E-state index in [0.717, 1.165) is 18.0 Å². The van der Waals surface area contributed by atoms with Crippen LogP contribution in [0, 0.1) is 5.92 Å². The number of piperidine rings is 1. The second-order valence-electron chi connectivity index (χ2n) is 5.16. The molecule has 4 unspecified atom stereocenters. The zero-order valence-electron chi connectivity index (χ0n) is 11.1. The molecule has 1 heterocycles. The SMILES string of the molecule is CCCC(C)N1CCC(NC)C(C)C1C. The minimum absolute atomic E-state index is 0.713. The van der Waals surface area contributed by atoms with Gasteiger partial charge in [0.05, 0.1) is 0 Å². The summed E-state index contributed by atoms with van der Waals surface area (Å²) < 4.78 is 0. The Morgan fingerprint density at radius 1 is 1.40 bits per heavy atom. The predicted octanol–water partition coefficient (Wildman–Crippen LogP) is 2.49. The summed E-state index contributed by atoms with van der Waals surface area (Å²) in [4.78, 5) is 2.70. The van der Waals surface area contributed by atoms with Crippen LogP contribution in [-0.2, 0) is 0 Å². The number of rotatable bonds is 4. The fraction of sp³-hybridized carbons (Fsp3) is 1.00. The second kappa shape index (κ2) is 5.86. The largest absolute Gasteiger partial charge is 0.317 e. The average molecular weight is 212 g/mol. The van der Waals surface area contributed by atoms with E-state index >= 15 is 0 Å². The van der Waals surface area contributed by atoms with E-state index in [1.54, 1.807) is 0 Å². The molecule has 0 amide bonds. The molecule has 0 spiro atoms. The molecule has 2 heteroatoms. The third-order valence-electron chi connectivity index (χ3n) is 4.26. The van der Waals surface area contributed by atoms with Gasteiger partial charge in [-0.1, -0.05) is 20.3 Å². The maximum atomic E-state index is 3.45. The van der Waals surface area contributed by atoms with Gasteiger partial charge in [0.25, 0.3) is 0 Å². The monoisotopic (exact) mass is 212 g/mol. The zero-order valence-corrected chi connectivity index (χ0v) is 11.1. The number of nitrogens with zero attached hydrogens (tertiary/aromatic N) is 1. The van der Waals surface area contributed by atoms with Gasteiger partial charge in [-0.3, -0.25) is 4.90 Å². The third kappa shape index (κ3) is 2.94. The number of hydrogen-bond acceptors (Lipinski definition) is 2. The molecule has 1 fully saturated rings.